The third-order valence-corrected chi connectivity index (χ3v) is 3.52. The molecule has 0 bridgehead atoms. The van der Waals surface area contributed by atoms with Gasteiger partial charge in [0.05, 0.1) is 26.1 Å². The number of carbonyl (C=O) groups is 1. The maximum Gasteiger partial charge on any atom is 0.364 e. The lowest BCUT2D eigenvalue weighted by Gasteiger charge is -2.09. The van der Waals surface area contributed by atoms with Crippen molar-refractivity contribution in [2.75, 3.05) is 20.3 Å². The van der Waals surface area contributed by atoms with Crippen molar-refractivity contribution in [2.24, 2.45) is 0 Å². The Morgan fingerprint density at radius 1 is 1.27 bits per heavy atom. The molecule has 6 heteroatoms. The zero-order valence-corrected chi connectivity index (χ0v) is 12.2. The van der Waals surface area contributed by atoms with Crippen LogP contribution in [0.3, 0.4) is 0 Å². The molecule has 1 saturated heterocycles. The quantitative estimate of drug-likeness (QED) is 0.637. The van der Waals surface area contributed by atoms with Crippen LogP contribution in [0.5, 0.6) is 11.6 Å². The molecule has 114 valence electrons. The van der Waals surface area contributed by atoms with Crippen molar-refractivity contribution < 1.29 is 19.0 Å². The number of hydrogen-bond acceptors (Lipinski definition) is 6. The highest BCUT2D eigenvalue weighted by molar-refractivity contribution is 5.88. The molecule has 1 aromatic heterocycles. The van der Waals surface area contributed by atoms with E-state index in [1.165, 1.54) is 25.1 Å². The van der Waals surface area contributed by atoms with Crippen molar-refractivity contribution in [1.82, 2.24) is 9.97 Å². The normalized spacial score (nSPS) is 17.2. The number of hydrogen-bond donors (Lipinski definition) is 0. The van der Waals surface area contributed by atoms with Gasteiger partial charge in [-0.15, -0.1) is 0 Å². The summed E-state index contributed by atoms with van der Waals surface area (Å²) in [7, 11) is 1.46. The molecule has 2 aromatic rings. The number of aromatic nitrogens is 2. The number of carbonyl (C=O) groups excluding carboxylic acids is 1. The van der Waals surface area contributed by atoms with Gasteiger partial charge < -0.3 is 14.2 Å². The number of rotatable bonds is 4. The van der Waals surface area contributed by atoms with E-state index in [1.807, 2.05) is 12.1 Å². The lowest BCUT2D eigenvalue weighted by Crippen LogP contribution is -2.11. The zero-order chi connectivity index (χ0) is 15.4. The summed E-state index contributed by atoms with van der Waals surface area (Å²) in [6.07, 6.45) is 3.79. The van der Waals surface area contributed by atoms with Gasteiger partial charge in [0.2, 0.25) is 5.88 Å². The smallest absolute Gasteiger partial charge is 0.364 e. The van der Waals surface area contributed by atoms with Gasteiger partial charge in [0.25, 0.3) is 0 Å². The summed E-state index contributed by atoms with van der Waals surface area (Å²) in [6, 6.07) is 7.47. The molecule has 22 heavy (non-hydrogen) atoms. The van der Waals surface area contributed by atoms with E-state index in [2.05, 4.69) is 9.97 Å². The number of methoxy groups -OCH3 is 1. The van der Waals surface area contributed by atoms with Gasteiger partial charge in [-0.25, -0.2) is 9.78 Å². The van der Waals surface area contributed by atoms with Crippen LogP contribution in [-0.2, 0) is 4.74 Å². The Morgan fingerprint density at radius 3 is 2.77 bits per heavy atom. The molecule has 1 aromatic carbocycles. The van der Waals surface area contributed by atoms with Crippen LogP contribution in [0.4, 0.5) is 0 Å². The Labute approximate surface area is 128 Å². The van der Waals surface area contributed by atoms with Crippen LogP contribution >= 0.6 is 0 Å². The average Bonchev–Trinajstić information content (AvgIpc) is 3.10. The summed E-state index contributed by atoms with van der Waals surface area (Å²) in [5.74, 6) is 0.598. The average molecular weight is 300 g/mol. The van der Waals surface area contributed by atoms with E-state index in [9.17, 15) is 4.79 Å². The van der Waals surface area contributed by atoms with Crippen LogP contribution in [0.2, 0.25) is 0 Å². The molecule has 0 aliphatic carbocycles. The first-order chi connectivity index (χ1) is 10.8. The van der Waals surface area contributed by atoms with Gasteiger partial charge in [-0.05, 0) is 24.1 Å². The Bertz CT molecular complexity index is 651. The Hall–Kier alpha value is -2.47. The molecule has 1 unspecified atom stereocenters. The summed E-state index contributed by atoms with van der Waals surface area (Å²) in [5.41, 5.74) is 1.30. The number of ether oxygens (including phenoxy) is 3. The number of nitrogens with zero attached hydrogens (tertiary/aromatic N) is 2. The van der Waals surface area contributed by atoms with E-state index < -0.39 is 5.97 Å². The fourth-order valence-electron chi connectivity index (χ4n) is 2.31. The van der Waals surface area contributed by atoms with Crippen LogP contribution < -0.4 is 9.47 Å². The molecule has 0 amide bonds. The molecule has 1 atom stereocenters. The van der Waals surface area contributed by atoms with Crippen LogP contribution in [0.25, 0.3) is 0 Å². The first kappa shape index (κ1) is 14.5. The minimum Gasteiger partial charge on any atom is -0.480 e. The summed E-state index contributed by atoms with van der Waals surface area (Å²) in [5, 5.41) is 0. The summed E-state index contributed by atoms with van der Waals surface area (Å²) in [6.45, 7) is 1.55. The molecule has 3 rings (SSSR count). The second-order valence-electron chi connectivity index (χ2n) is 4.97. The highest BCUT2D eigenvalue weighted by atomic mass is 16.5. The third-order valence-electron chi connectivity index (χ3n) is 3.52. The zero-order valence-electron chi connectivity index (χ0n) is 12.2. The van der Waals surface area contributed by atoms with E-state index in [1.54, 1.807) is 12.1 Å². The Morgan fingerprint density at radius 2 is 2.09 bits per heavy atom. The fourth-order valence-corrected chi connectivity index (χ4v) is 2.31. The predicted octanol–water partition coefficient (Wildman–Crippen LogP) is 2.21. The number of esters is 1. The van der Waals surface area contributed by atoms with Gasteiger partial charge in [0.15, 0.2) is 5.69 Å². The van der Waals surface area contributed by atoms with E-state index in [0.29, 0.717) is 11.7 Å². The highest BCUT2D eigenvalue weighted by Crippen LogP contribution is 2.26. The SMILES string of the molecule is COc1cncc(C(=O)Oc2ccc(C3CCOC3)cc2)n1. The highest BCUT2D eigenvalue weighted by Gasteiger charge is 2.18. The molecule has 0 saturated carbocycles. The molecular weight excluding hydrogens is 284 g/mol. The molecule has 2 heterocycles. The first-order valence-electron chi connectivity index (χ1n) is 7.02. The summed E-state index contributed by atoms with van der Waals surface area (Å²) >= 11 is 0. The van der Waals surface area contributed by atoms with E-state index in [0.717, 1.165) is 19.6 Å². The minimum absolute atomic E-state index is 0.104. The van der Waals surface area contributed by atoms with Gasteiger partial charge in [-0.1, -0.05) is 12.1 Å². The summed E-state index contributed by atoms with van der Waals surface area (Å²) in [4.78, 5) is 19.9. The standard InChI is InChI=1S/C16H16N2O4/c1-20-15-9-17-8-14(18-15)16(19)22-13-4-2-11(3-5-13)12-6-7-21-10-12/h2-5,8-9,12H,6-7,10H2,1H3. The van der Waals surface area contributed by atoms with E-state index in [-0.39, 0.29) is 11.6 Å². The van der Waals surface area contributed by atoms with Gasteiger partial charge in [-0.3, -0.25) is 4.98 Å². The van der Waals surface area contributed by atoms with E-state index >= 15 is 0 Å². The predicted molar refractivity (Wildman–Crippen MR) is 78.2 cm³/mol. The van der Waals surface area contributed by atoms with Gasteiger partial charge in [0.1, 0.15) is 5.75 Å². The maximum atomic E-state index is 12.0. The Kier molecular flexibility index (Phi) is 4.29. The van der Waals surface area contributed by atoms with Crippen LogP contribution in [0.15, 0.2) is 36.7 Å². The van der Waals surface area contributed by atoms with Gasteiger partial charge in [0, 0.05) is 12.5 Å². The lowest BCUT2D eigenvalue weighted by atomic mass is 9.99. The second-order valence-corrected chi connectivity index (χ2v) is 4.97. The monoisotopic (exact) mass is 300 g/mol. The van der Waals surface area contributed by atoms with Crippen molar-refractivity contribution in [1.29, 1.82) is 0 Å². The molecule has 1 aliphatic heterocycles. The molecule has 0 radical (unpaired) electrons. The largest absolute Gasteiger partial charge is 0.480 e. The molecular formula is C16H16N2O4. The lowest BCUT2D eigenvalue weighted by molar-refractivity contribution is 0.0727. The van der Waals surface area contributed by atoms with E-state index in [4.69, 9.17) is 14.2 Å². The van der Waals surface area contributed by atoms with Gasteiger partial charge >= 0.3 is 5.97 Å². The molecule has 0 N–H and O–H groups in total. The molecule has 0 spiro atoms. The molecule has 6 nitrogen and oxygen atoms in total. The Balaban J connectivity index is 1.68. The minimum atomic E-state index is -0.566. The molecule has 1 aliphatic rings. The van der Waals surface area contributed by atoms with Crippen LogP contribution in [0.1, 0.15) is 28.4 Å². The topological polar surface area (TPSA) is 70.5 Å². The third kappa shape index (κ3) is 3.23. The van der Waals surface area contributed by atoms with Crippen LogP contribution in [0, 0.1) is 0 Å². The van der Waals surface area contributed by atoms with Gasteiger partial charge in [-0.2, -0.15) is 0 Å². The first-order valence-corrected chi connectivity index (χ1v) is 7.02. The van der Waals surface area contributed by atoms with Crippen molar-refractivity contribution in [2.45, 2.75) is 12.3 Å². The van der Waals surface area contributed by atoms with Crippen LogP contribution in [-0.4, -0.2) is 36.3 Å². The number of benzene rings is 1. The van der Waals surface area contributed by atoms with Crippen molar-refractivity contribution in [3.63, 3.8) is 0 Å². The molecule has 1 fully saturated rings. The summed E-state index contributed by atoms with van der Waals surface area (Å²) < 4.78 is 15.6. The van der Waals surface area contributed by atoms with Crippen molar-refractivity contribution in [3.8, 4) is 11.6 Å². The maximum absolute atomic E-state index is 12.0. The van der Waals surface area contributed by atoms with Crippen molar-refractivity contribution in [3.05, 3.63) is 47.9 Å². The second kappa shape index (κ2) is 6.53. The fraction of sp³-hybridized carbons (Fsp3) is 0.312. The van der Waals surface area contributed by atoms with Crippen molar-refractivity contribution >= 4 is 5.97 Å².